The normalized spacial score (nSPS) is 12.6. The first-order valence-electron chi connectivity index (χ1n) is 3.87. The second-order valence-electron chi connectivity index (χ2n) is 2.70. The number of allylic oxidation sites excluding steroid dienone is 1. The van der Waals surface area contributed by atoms with Crippen LogP contribution in [0, 0.1) is 0 Å². The Bertz CT molecular complexity index is 333. The van der Waals surface area contributed by atoms with Gasteiger partial charge in [-0.25, -0.2) is 4.39 Å². The zero-order valence-corrected chi connectivity index (χ0v) is 7.98. The quantitative estimate of drug-likeness (QED) is 0.778. The minimum atomic E-state index is -0.571. The van der Waals surface area contributed by atoms with Crippen molar-refractivity contribution >= 4 is 17.2 Å². The van der Waals surface area contributed by atoms with Crippen LogP contribution in [0.1, 0.15) is 12.5 Å². The number of halogens is 2. The predicted molar refractivity (Wildman–Crippen MR) is 52.2 cm³/mol. The summed E-state index contributed by atoms with van der Waals surface area (Å²) in [6.07, 6.45) is 0. The minimum absolute atomic E-state index is 0.421. The van der Waals surface area contributed by atoms with Crippen LogP contribution in [0.15, 0.2) is 30.1 Å². The Balaban J connectivity index is 3.08. The molecule has 0 atom stereocenters. The highest BCUT2D eigenvalue weighted by atomic mass is 35.5. The van der Waals surface area contributed by atoms with E-state index in [1.54, 1.807) is 31.2 Å². The van der Waals surface area contributed by atoms with Crippen LogP contribution in [0.5, 0.6) is 0 Å². The zero-order chi connectivity index (χ0) is 9.84. The van der Waals surface area contributed by atoms with Crippen LogP contribution in [0.4, 0.5) is 4.39 Å². The number of aliphatic hydroxyl groups is 1. The van der Waals surface area contributed by atoms with E-state index in [1.165, 1.54) is 0 Å². The SMILES string of the molecule is C/C(=C(\F)CO)c1cccc(Cl)c1. The van der Waals surface area contributed by atoms with Gasteiger partial charge in [-0.2, -0.15) is 0 Å². The fraction of sp³-hybridized carbons (Fsp3) is 0.200. The van der Waals surface area contributed by atoms with Crippen LogP contribution in [-0.2, 0) is 0 Å². The third-order valence-corrected chi connectivity index (χ3v) is 2.04. The lowest BCUT2D eigenvalue weighted by Crippen LogP contribution is -1.88. The Kier molecular flexibility index (Phi) is 3.46. The summed E-state index contributed by atoms with van der Waals surface area (Å²) in [5, 5.41) is 9.13. The van der Waals surface area contributed by atoms with Crippen molar-refractivity contribution in [2.24, 2.45) is 0 Å². The van der Waals surface area contributed by atoms with E-state index in [9.17, 15) is 4.39 Å². The average molecular weight is 201 g/mol. The van der Waals surface area contributed by atoms with Crippen LogP contribution < -0.4 is 0 Å². The summed E-state index contributed by atoms with van der Waals surface area (Å²) in [4.78, 5) is 0. The van der Waals surface area contributed by atoms with E-state index >= 15 is 0 Å². The number of hydrogen-bond acceptors (Lipinski definition) is 1. The molecule has 0 aliphatic heterocycles. The third kappa shape index (κ3) is 2.54. The lowest BCUT2D eigenvalue weighted by Gasteiger charge is -2.02. The molecule has 0 aliphatic rings. The molecule has 3 heteroatoms. The van der Waals surface area contributed by atoms with E-state index in [4.69, 9.17) is 16.7 Å². The Labute approximate surface area is 81.5 Å². The zero-order valence-electron chi connectivity index (χ0n) is 7.22. The molecule has 0 saturated heterocycles. The summed E-state index contributed by atoms with van der Waals surface area (Å²) in [5.41, 5.74) is 1.11. The van der Waals surface area contributed by atoms with Gasteiger partial charge in [0.15, 0.2) is 0 Å². The smallest absolute Gasteiger partial charge is 0.129 e. The molecule has 13 heavy (non-hydrogen) atoms. The van der Waals surface area contributed by atoms with Gasteiger partial charge in [0.05, 0.1) is 6.61 Å². The summed E-state index contributed by atoms with van der Waals surface area (Å²) in [6.45, 7) is 1.04. The van der Waals surface area contributed by atoms with Crippen molar-refractivity contribution in [2.75, 3.05) is 6.61 Å². The molecule has 1 aromatic carbocycles. The van der Waals surface area contributed by atoms with Gasteiger partial charge in [0.1, 0.15) is 5.83 Å². The monoisotopic (exact) mass is 200 g/mol. The van der Waals surface area contributed by atoms with Gasteiger partial charge in [0.25, 0.3) is 0 Å². The number of aliphatic hydroxyl groups excluding tert-OH is 1. The highest BCUT2D eigenvalue weighted by Gasteiger charge is 2.03. The first-order chi connectivity index (χ1) is 6.15. The van der Waals surface area contributed by atoms with Gasteiger partial charge < -0.3 is 5.11 Å². The second-order valence-corrected chi connectivity index (χ2v) is 3.13. The van der Waals surface area contributed by atoms with Crippen LogP contribution in [-0.4, -0.2) is 11.7 Å². The summed E-state index contributed by atoms with van der Waals surface area (Å²) in [5.74, 6) is -0.526. The Morgan fingerprint density at radius 1 is 1.54 bits per heavy atom. The molecule has 0 saturated carbocycles. The molecule has 0 radical (unpaired) electrons. The highest BCUT2D eigenvalue weighted by molar-refractivity contribution is 6.30. The highest BCUT2D eigenvalue weighted by Crippen LogP contribution is 2.21. The maximum Gasteiger partial charge on any atom is 0.129 e. The Hall–Kier alpha value is -0.860. The summed E-state index contributed by atoms with van der Waals surface area (Å²) >= 11 is 5.73. The number of rotatable bonds is 2. The number of hydrogen-bond donors (Lipinski definition) is 1. The van der Waals surface area contributed by atoms with Gasteiger partial charge in [-0.3, -0.25) is 0 Å². The molecule has 0 aromatic heterocycles. The van der Waals surface area contributed by atoms with Crippen molar-refractivity contribution in [1.29, 1.82) is 0 Å². The maximum absolute atomic E-state index is 12.9. The van der Waals surface area contributed by atoms with E-state index in [2.05, 4.69) is 0 Å². The Morgan fingerprint density at radius 2 is 2.23 bits per heavy atom. The Morgan fingerprint density at radius 3 is 2.77 bits per heavy atom. The average Bonchev–Trinajstić information content (AvgIpc) is 2.15. The van der Waals surface area contributed by atoms with E-state index in [0.29, 0.717) is 16.2 Å². The van der Waals surface area contributed by atoms with Crippen molar-refractivity contribution in [3.8, 4) is 0 Å². The molecule has 0 heterocycles. The molecule has 1 aromatic rings. The summed E-state index contributed by atoms with van der Waals surface area (Å²) < 4.78 is 12.9. The molecule has 70 valence electrons. The molecular weight excluding hydrogens is 191 g/mol. The van der Waals surface area contributed by atoms with Crippen molar-refractivity contribution in [2.45, 2.75) is 6.92 Å². The third-order valence-electron chi connectivity index (χ3n) is 1.80. The van der Waals surface area contributed by atoms with Crippen LogP contribution in [0.3, 0.4) is 0 Å². The minimum Gasteiger partial charge on any atom is -0.389 e. The van der Waals surface area contributed by atoms with Crippen molar-refractivity contribution < 1.29 is 9.50 Å². The van der Waals surface area contributed by atoms with Crippen molar-refractivity contribution in [3.05, 3.63) is 40.7 Å². The fourth-order valence-corrected chi connectivity index (χ4v) is 1.19. The maximum atomic E-state index is 12.9. The molecule has 1 nitrogen and oxygen atoms in total. The van der Waals surface area contributed by atoms with Crippen LogP contribution >= 0.6 is 11.6 Å². The molecule has 0 amide bonds. The van der Waals surface area contributed by atoms with Crippen LogP contribution in [0.25, 0.3) is 5.57 Å². The second kappa shape index (κ2) is 4.40. The fourth-order valence-electron chi connectivity index (χ4n) is 0.997. The molecule has 0 bridgehead atoms. The van der Waals surface area contributed by atoms with Gasteiger partial charge in [-0.15, -0.1) is 0 Å². The molecule has 1 rings (SSSR count). The first-order valence-corrected chi connectivity index (χ1v) is 4.25. The molecule has 0 unspecified atom stereocenters. The van der Waals surface area contributed by atoms with Gasteiger partial charge >= 0.3 is 0 Å². The van der Waals surface area contributed by atoms with E-state index in [1.807, 2.05) is 0 Å². The van der Waals surface area contributed by atoms with E-state index < -0.39 is 12.4 Å². The molecule has 0 fully saturated rings. The first kappa shape index (κ1) is 10.2. The van der Waals surface area contributed by atoms with Crippen molar-refractivity contribution in [3.63, 3.8) is 0 Å². The van der Waals surface area contributed by atoms with Gasteiger partial charge in [0.2, 0.25) is 0 Å². The summed E-state index contributed by atoms with van der Waals surface area (Å²) in [6, 6.07) is 6.86. The number of benzene rings is 1. The van der Waals surface area contributed by atoms with Crippen molar-refractivity contribution in [1.82, 2.24) is 0 Å². The molecule has 0 aliphatic carbocycles. The van der Waals surface area contributed by atoms with E-state index in [0.717, 1.165) is 0 Å². The molecule has 1 N–H and O–H groups in total. The van der Waals surface area contributed by atoms with Gasteiger partial charge in [-0.05, 0) is 30.2 Å². The van der Waals surface area contributed by atoms with Crippen LogP contribution in [0.2, 0.25) is 5.02 Å². The predicted octanol–water partition coefficient (Wildman–Crippen LogP) is 3.03. The summed E-state index contributed by atoms with van der Waals surface area (Å²) in [7, 11) is 0. The lowest BCUT2D eigenvalue weighted by molar-refractivity contribution is 0.299. The van der Waals surface area contributed by atoms with Gasteiger partial charge in [-0.1, -0.05) is 23.7 Å². The molecular formula is C10H10ClFO. The topological polar surface area (TPSA) is 20.2 Å². The largest absolute Gasteiger partial charge is 0.389 e. The van der Waals surface area contributed by atoms with E-state index in [-0.39, 0.29) is 0 Å². The van der Waals surface area contributed by atoms with Gasteiger partial charge in [0, 0.05) is 5.02 Å². The lowest BCUT2D eigenvalue weighted by atomic mass is 10.1. The molecule has 0 spiro atoms. The standard InChI is InChI=1S/C10H10ClFO/c1-7(10(12)6-13)8-3-2-4-9(11)5-8/h2-5,13H,6H2,1H3/b10-7+.